The van der Waals surface area contributed by atoms with Gasteiger partial charge in [0, 0.05) is 11.5 Å². The van der Waals surface area contributed by atoms with Crippen LogP contribution in [-0.2, 0) is 6.42 Å². The number of rotatable bonds is 2. The lowest BCUT2D eigenvalue weighted by Crippen LogP contribution is -1.82. The fourth-order valence-electron chi connectivity index (χ4n) is 1.40. The van der Waals surface area contributed by atoms with Gasteiger partial charge in [-0.25, -0.2) is 0 Å². The summed E-state index contributed by atoms with van der Waals surface area (Å²) in [5.74, 6) is 0.215. The molecule has 0 amide bonds. The fraction of sp³-hybridized carbons (Fsp3) is 0.300. The highest BCUT2D eigenvalue weighted by molar-refractivity contribution is 5.80. The summed E-state index contributed by atoms with van der Waals surface area (Å²) in [5.41, 5.74) is 1.63. The van der Waals surface area contributed by atoms with Gasteiger partial charge < -0.3 is 9.63 Å². The molecule has 0 radical (unpaired) electrons. The second-order valence-corrected chi connectivity index (χ2v) is 3.06. The molecule has 0 aliphatic heterocycles. The van der Waals surface area contributed by atoms with Gasteiger partial charge in [0.25, 0.3) is 0 Å². The number of hydrogen-bond acceptors (Lipinski definition) is 3. The van der Waals surface area contributed by atoms with E-state index in [1.54, 1.807) is 12.1 Å². The zero-order valence-corrected chi connectivity index (χ0v) is 7.45. The highest BCUT2D eigenvalue weighted by Crippen LogP contribution is 2.23. The lowest BCUT2D eigenvalue weighted by molar-refractivity contribution is 0.440. The SMILES string of the molecule is CCCc1noc2cc(O)ccc12. The van der Waals surface area contributed by atoms with Crippen LogP contribution in [-0.4, -0.2) is 10.3 Å². The summed E-state index contributed by atoms with van der Waals surface area (Å²) in [5, 5.41) is 14.1. The molecule has 13 heavy (non-hydrogen) atoms. The first-order chi connectivity index (χ1) is 6.31. The topological polar surface area (TPSA) is 46.3 Å². The molecule has 1 aromatic carbocycles. The third-order valence-electron chi connectivity index (χ3n) is 2.02. The summed E-state index contributed by atoms with van der Waals surface area (Å²) in [6.07, 6.45) is 1.96. The minimum atomic E-state index is 0.215. The van der Waals surface area contributed by atoms with Crippen molar-refractivity contribution in [2.75, 3.05) is 0 Å². The van der Waals surface area contributed by atoms with Crippen LogP contribution in [0.2, 0.25) is 0 Å². The first kappa shape index (κ1) is 8.10. The summed E-state index contributed by atoms with van der Waals surface area (Å²) in [6, 6.07) is 5.08. The Kier molecular flexibility index (Phi) is 1.93. The van der Waals surface area contributed by atoms with Crippen LogP contribution in [0.5, 0.6) is 5.75 Å². The molecule has 68 valence electrons. The summed E-state index contributed by atoms with van der Waals surface area (Å²) in [6.45, 7) is 2.10. The van der Waals surface area contributed by atoms with Gasteiger partial charge in [-0.1, -0.05) is 18.5 Å². The third-order valence-corrected chi connectivity index (χ3v) is 2.02. The van der Waals surface area contributed by atoms with Crippen molar-refractivity contribution in [1.29, 1.82) is 0 Å². The number of phenolic OH excluding ortho intramolecular Hbond substituents is 1. The number of phenols is 1. The molecule has 3 heteroatoms. The molecule has 1 N–H and O–H groups in total. The van der Waals surface area contributed by atoms with Crippen LogP contribution in [0.3, 0.4) is 0 Å². The van der Waals surface area contributed by atoms with Gasteiger partial charge in [0.1, 0.15) is 5.75 Å². The molecule has 0 aliphatic rings. The van der Waals surface area contributed by atoms with E-state index in [-0.39, 0.29) is 5.75 Å². The molecular formula is C10H11NO2. The van der Waals surface area contributed by atoms with Crippen molar-refractivity contribution in [1.82, 2.24) is 5.16 Å². The van der Waals surface area contributed by atoms with Crippen molar-refractivity contribution in [3.05, 3.63) is 23.9 Å². The zero-order valence-electron chi connectivity index (χ0n) is 7.45. The molecule has 3 nitrogen and oxygen atoms in total. The summed E-state index contributed by atoms with van der Waals surface area (Å²) < 4.78 is 5.07. The van der Waals surface area contributed by atoms with E-state index >= 15 is 0 Å². The molecular weight excluding hydrogens is 166 g/mol. The molecule has 0 saturated heterocycles. The van der Waals surface area contributed by atoms with Crippen LogP contribution in [0, 0.1) is 0 Å². The first-order valence-corrected chi connectivity index (χ1v) is 4.38. The van der Waals surface area contributed by atoms with Gasteiger partial charge >= 0.3 is 0 Å². The molecule has 1 heterocycles. The Morgan fingerprint density at radius 1 is 1.46 bits per heavy atom. The molecule has 0 fully saturated rings. The second-order valence-electron chi connectivity index (χ2n) is 3.06. The lowest BCUT2D eigenvalue weighted by atomic mass is 10.1. The predicted molar refractivity (Wildman–Crippen MR) is 49.7 cm³/mol. The van der Waals surface area contributed by atoms with Crippen molar-refractivity contribution >= 4 is 11.0 Å². The first-order valence-electron chi connectivity index (χ1n) is 4.38. The van der Waals surface area contributed by atoms with Gasteiger partial charge in [0.2, 0.25) is 0 Å². The predicted octanol–water partition coefficient (Wildman–Crippen LogP) is 2.49. The largest absolute Gasteiger partial charge is 0.508 e. The smallest absolute Gasteiger partial charge is 0.170 e. The van der Waals surface area contributed by atoms with Crippen LogP contribution in [0.1, 0.15) is 19.0 Å². The summed E-state index contributed by atoms with van der Waals surface area (Å²) in [7, 11) is 0. The third kappa shape index (κ3) is 1.37. The van der Waals surface area contributed by atoms with Gasteiger partial charge in [0.05, 0.1) is 5.69 Å². The number of benzene rings is 1. The number of fused-ring (bicyclic) bond motifs is 1. The average Bonchev–Trinajstić information content (AvgIpc) is 2.49. The Labute approximate surface area is 76.0 Å². The average molecular weight is 177 g/mol. The van der Waals surface area contributed by atoms with E-state index in [1.807, 2.05) is 6.07 Å². The standard InChI is InChI=1S/C10H11NO2/c1-2-3-9-8-5-4-7(12)6-10(8)13-11-9/h4-6,12H,2-3H2,1H3. The molecule has 2 aromatic rings. The Hall–Kier alpha value is -1.51. The highest BCUT2D eigenvalue weighted by atomic mass is 16.5. The Morgan fingerprint density at radius 2 is 2.31 bits per heavy atom. The second kappa shape index (κ2) is 3.09. The van der Waals surface area contributed by atoms with E-state index in [2.05, 4.69) is 12.1 Å². The van der Waals surface area contributed by atoms with Crippen LogP contribution < -0.4 is 0 Å². The van der Waals surface area contributed by atoms with Gasteiger partial charge in [-0.15, -0.1) is 0 Å². The number of nitrogens with zero attached hydrogens (tertiary/aromatic N) is 1. The van der Waals surface area contributed by atoms with Crippen LogP contribution in [0.25, 0.3) is 11.0 Å². The van der Waals surface area contributed by atoms with Gasteiger partial charge in [0.15, 0.2) is 5.58 Å². The van der Waals surface area contributed by atoms with E-state index in [4.69, 9.17) is 4.52 Å². The normalized spacial score (nSPS) is 10.8. The molecule has 0 aliphatic carbocycles. The van der Waals surface area contributed by atoms with Crippen LogP contribution >= 0.6 is 0 Å². The Bertz CT molecular complexity index is 420. The van der Waals surface area contributed by atoms with Crippen molar-refractivity contribution in [3.8, 4) is 5.75 Å². The van der Waals surface area contributed by atoms with Crippen molar-refractivity contribution < 1.29 is 9.63 Å². The molecule has 0 bridgehead atoms. The molecule has 2 rings (SSSR count). The highest BCUT2D eigenvalue weighted by Gasteiger charge is 2.06. The van der Waals surface area contributed by atoms with E-state index in [1.165, 1.54) is 0 Å². The quantitative estimate of drug-likeness (QED) is 0.766. The fourth-order valence-corrected chi connectivity index (χ4v) is 1.40. The molecule has 0 spiro atoms. The number of aromatic nitrogens is 1. The molecule has 1 aromatic heterocycles. The van der Waals surface area contributed by atoms with E-state index in [0.29, 0.717) is 5.58 Å². The zero-order chi connectivity index (χ0) is 9.26. The Balaban J connectivity index is 2.55. The van der Waals surface area contributed by atoms with E-state index < -0.39 is 0 Å². The van der Waals surface area contributed by atoms with Crippen molar-refractivity contribution in [2.45, 2.75) is 19.8 Å². The van der Waals surface area contributed by atoms with Crippen LogP contribution in [0.4, 0.5) is 0 Å². The monoisotopic (exact) mass is 177 g/mol. The van der Waals surface area contributed by atoms with Crippen molar-refractivity contribution in [3.63, 3.8) is 0 Å². The number of aromatic hydroxyl groups is 1. The maximum atomic E-state index is 9.18. The van der Waals surface area contributed by atoms with Crippen LogP contribution in [0.15, 0.2) is 22.7 Å². The van der Waals surface area contributed by atoms with Crippen molar-refractivity contribution in [2.24, 2.45) is 0 Å². The summed E-state index contributed by atoms with van der Waals surface area (Å²) in [4.78, 5) is 0. The number of aryl methyl sites for hydroxylation is 1. The molecule has 0 unspecified atom stereocenters. The maximum Gasteiger partial charge on any atom is 0.170 e. The summed E-state index contributed by atoms with van der Waals surface area (Å²) >= 11 is 0. The van der Waals surface area contributed by atoms with E-state index in [9.17, 15) is 5.11 Å². The maximum absolute atomic E-state index is 9.18. The van der Waals surface area contributed by atoms with Gasteiger partial charge in [-0.05, 0) is 18.6 Å². The number of hydrogen-bond donors (Lipinski definition) is 1. The minimum absolute atomic E-state index is 0.215. The molecule has 0 atom stereocenters. The lowest BCUT2D eigenvalue weighted by Gasteiger charge is -1.91. The minimum Gasteiger partial charge on any atom is -0.508 e. The molecule has 0 saturated carbocycles. The van der Waals surface area contributed by atoms with Gasteiger partial charge in [-0.3, -0.25) is 0 Å². The van der Waals surface area contributed by atoms with Gasteiger partial charge in [-0.2, -0.15) is 0 Å². The van der Waals surface area contributed by atoms with E-state index in [0.717, 1.165) is 23.9 Å². The Morgan fingerprint density at radius 3 is 3.08 bits per heavy atom.